The van der Waals surface area contributed by atoms with E-state index in [1.807, 2.05) is 20.8 Å². The zero-order chi connectivity index (χ0) is 14.8. The molecule has 0 aliphatic heterocycles. The number of hydrogen-bond acceptors (Lipinski definition) is 4. The summed E-state index contributed by atoms with van der Waals surface area (Å²) in [6.07, 6.45) is 1.000. The smallest absolute Gasteiger partial charge is 0.862 e. The van der Waals surface area contributed by atoms with Crippen molar-refractivity contribution in [3.8, 4) is 0 Å². The third kappa shape index (κ3) is 4.39. The summed E-state index contributed by atoms with van der Waals surface area (Å²) in [5.74, 6) is -1.35. The number of aliphatic imine (C=N–C) groups is 1. The van der Waals surface area contributed by atoms with Crippen molar-refractivity contribution in [1.29, 1.82) is 0 Å². The summed E-state index contributed by atoms with van der Waals surface area (Å²) in [5, 5.41) is 21.6. The summed E-state index contributed by atoms with van der Waals surface area (Å²) >= 11 is 0. The van der Waals surface area contributed by atoms with Crippen LogP contribution in [0.5, 0.6) is 0 Å². The van der Waals surface area contributed by atoms with Crippen LogP contribution in [0.1, 0.15) is 40.5 Å². The van der Waals surface area contributed by atoms with Gasteiger partial charge in [0.1, 0.15) is 0 Å². The van der Waals surface area contributed by atoms with Crippen LogP contribution in [0.25, 0.3) is 0 Å². The Morgan fingerprint density at radius 1 is 1.48 bits per heavy atom. The van der Waals surface area contributed by atoms with Gasteiger partial charge < -0.3 is 25.4 Å². The number of carbonyl (C=O) groups is 1. The van der Waals surface area contributed by atoms with Crippen molar-refractivity contribution in [2.45, 2.75) is 46.6 Å². The number of carboxylic acid groups (broad SMARTS) is 1. The number of carboxylic acids is 1. The van der Waals surface area contributed by atoms with E-state index < -0.39 is 16.8 Å². The predicted molar refractivity (Wildman–Crippen MR) is 74.6 cm³/mol. The summed E-state index contributed by atoms with van der Waals surface area (Å²) in [7, 11) is 1.58. The molecule has 3 N–H and O–H groups in total. The van der Waals surface area contributed by atoms with Crippen molar-refractivity contribution < 1.29 is 52.9 Å². The predicted octanol–water partition coefficient (Wildman–Crippen LogP) is 0.480. The van der Waals surface area contributed by atoms with Crippen LogP contribution >= 0.6 is 0 Å². The van der Waals surface area contributed by atoms with Crippen LogP contribution in [0, 0.1) is 16.7 Å². The molecule has 119 valence electrons. The molecule has 0 amide bonds. The van der Waals surface area contributed by atoms with Gasteiger partial charge in [0.15, 0.2) is 0 Å². The molecule has 6 nitrogen and oxygen atoms in total. The maximum atomic E-state index is 12.2. The molecular weight excluding hydrogens is 463 g/mol. The minimum absolute atomic E-state index is 0. The van der Waals surface area contributed by atoms with E-state index in [1.165, 1.54) is 0 Å². The van der Waals surface area contributed by atoms with Crippen LogP contribution in [0.4, 0.5) is 0 Å². The van der Waals surface area contributed by atoms with Gasteiger partial charge >= 0.3 is 33.6 Å². The molecule has 1 aliphatic carbocycles. The molecular formula is C14H26HgNO5. The van der Waals surface area contributed by atoms with Gasteiger partial charge in [0.2, 0.25) is 0 Å². The Hall–Kier alpha value is -0.205. The van der Waals surface area contributed by atoms with Gasteiger partial charge in [-0.05, 0) is 43.9 Å². The molecule has 1 saturated carbocycles. The molecule has 0 aromatic rings. The van der Waals surface area contributed by atoms with Crippen molar-refractivity contribution in [3.63, 3.8) is 0 Å². The van der Waals surface area contributed by atoms with Crippen LogP contribution in [-0.4, -0.2) is 42.2 Å². The Labute approximate surface area is 146 Å². The quantitative estimate of drug-likeness (QED) is 0.344. The van der Waals surface area contributed by atoms with Gasteiger partial charge in [-0.2, -0.15) is 0 Å². The molecule has 3 atom stereocenters. The molecule has 1 rings (SSSR count). The zero-order valence-electron chi connectivity index (χ0n) is 13.6. The second-order valence-corrected chi connectivity index (χ2v) is 6.18. The van der Waals surface area contributed by atoms with Crippen LogP contribution in [-0.2, 0) is 37.2 Å². The molecule has 1 radical (unpaired) electrons. The topological polar surface area (TPSA) is 113 Å². The maximum absolute atomic E-state index is 12.2. The van der Waals surface area contributed by atoms with E-state index in [9.17, 15) is 15.0 Å². The zero-order valence-corrected chi connectivity index (χ0v) is 19.1. The van der Waals surface area contributed by atoms with Crippen molar-refractivity contribution >= 4 is 11.9 Å². The Balaban J connectivity index is 0. The van der Waals surface area contributed by atoms with E-state index in [0.717, 1.165) is 0 Å². The Morgan fingerprint density at radius 2 is 2.00 bits per heavy atom. The minimum atomic E-state index is -0.865. The third-order valence-electron chi connectivity index (χ3n) is 4.90. The van der Waals surface area contributed by atoms with Crippen molar-refractivity contribution in [3.05, 3.63) is 0 Å². The van der Waals surface area contributed by atoms with E-state index in [2.05, 4.69) is 4.99 Å². The minimum Gasteiger partial charge on any atom is -0.862 e. The molecule has 21 heavy (non-hydrogen) atoms. The summed E-state index contributed by atoms with van der Waals surface area (Å²) in [6.45, 7) is 7.60. The molecule has 0 aromatic carbocycles. The molecule has 0 heterocycles. The number of ether oxygens (including phenoxy) is 1. The van der Waals surface area contributed by atoms with Crippen LogP contribution in [0.15, 0.2) is 4.99 Å². The first-order chi connectivity index (χ1) is 8.66. The maximum Gasteiger partial charge on any atom is 1.00 e. The van der Waals surface area contributed by atoms with Gasteiger partial charge in [-0.3, -0.25) is 4.79 Å². The molecule has 7 heteroatoms. The van der Waals surface area contributed by atoms with E-state index in [0.29, 0.717) is 19.4 Å². The molecule has 0 spiro atoms. The standard InChI is InChI=1S/C14H25NO4.Hg.H2O/c1-9(19-5)8-15-11(16)10-6-7-14(4,12(17)18)13(10,2)3;;/h9-10H,6-8H2,1-5H3,(H,15,16)(H,17,18);;1H2/q;+1;/p-1. The monoisotopic (exact) mass is 490 g/mol. The average molecular weight is 489 g/mol. The number of rotatable bonds is 5. The average Bonchev–Trinajstić information content (AvgIpc) is 2.58. The number of methoxy groups -OCH3 is 1. The molecule has 1 fully saturated rings. The summed E-state index contributed by atoms with van der Waals surface area (Å²) in [6, 6.07) is 0. The van der Waals surface area contributed by atoms with Gasteiger partial charge in [0.05, 0.1) is 18.1 Å². The van der Waals surface area contributed by atoms with Gasteiger partial charge in [-0.15, -0.1) is 0 Å². The fraction of sp³-hybridized carbons (Fsp3) is 0.857. The SMILES string of the molecule is COC(C)CN=C([O-])C1CCC(C)(C(=O)O)C1(C)C.O.[Hg+]. The van der Waals surface area contributed by atoms with Gasteiger partial charge in [-0.1, -0.05) is 13.8 Å². The summed E-state index contributed by atoms with van der Waals surface area (Å²) < 4.78 is 5.05. The van der Waals surface area contributed by atoms with Crippen LogP contribution in [0.2, 0.25) is 0 Å². The molecule has 0 aromatic heterocycles. The normalized spacial score (nSPS) is 29.2. The Morgan fingerprint density at radius 3 is 2.38 bits per heavy atom. The van der Waals surface area contributed by atoms with Gasteiger partial charge in [0.25, 0.3) is 0 Å². The second kappa shape index (κ2) is 8.43. The number of hydrogen-bond donors (Lipinski definition) is 1. The second-order valence-electron chi connectivity index (χ2n) is 6.18. The largest absolute Gasteiger partial charge is 1.00 e. The molecule has 3 unspecified atom stereocenters. The van der Waals surface area contributed by atoms with E-state index >= 15 is 0 Å². The van der Waals surface area contributed by atoms with Crippen molar-refractivity contribution in [2.24, 2.45) is 21.7 Å². The Bertz CT molecular complexity index is 386. The first-order valence-corrected chi connectivity index (χ1v) is 6.64. The van der Waals surface area contributed by atoms with Gasteiger partial charge in [0, 0.05) is 7.11 Å². The number of nitrogens with zero attached hydrogens (tertiary/aromatic N) is 1. The van der Waals surface area contributed by atoms with Crippen molar-refractivity contribution in [2.75, 3.05) is 13.7 Å². The van der Waals surface area contributed by atoms with Crippen LogP contribution < -0.4 is 5.11 Å². The molecule has 0 bridgehead atoms. The molecule has 0 saturated heterocycles. The van der Waals surface area contributed by atoms with Crippen LogP contribution in [0.3, 0.4) is 0 Å². The van der Waals surface area contributed by atoms with Gasteiger partial charge in [-0.25, -0.2) is 0 Å². The van der Waals surface area contributed by atoms with E-state index in [-0.39, 0.29) is 51.1 Å². The summed E-state index contributed by atoms with van der Waals surface area (Å²) in [4.78, 5) is 15.5. The van der Waals surface area contributed by atoms with E-state index in [1.54, 1.807) is 14.0 Å². The fourth-order valence-corrected chi connectivity index (χ4v) is 2.72. The fourth-order valence-electron chi connectivity index (χ4n) is 2.72. The first-order valence-electron chi connectivity index (χ1n) is 6.64. The number of aliphatic carboxylic acids is 1. The Kier molecular flexibility index (Phi) is 9.26. The first kappa shape index (κ1) is 23.1. The van der Waals surface area contributed by atoms with E-state index in [4.69, 9.17) is 4.74 Å². The third-order valence-corrected chi connectivity index (χ3v) is 4.90. The van der Waals surface area contributed by atoms with Crippen molar-refractivity contribution in [1.82, 2.24) is 0 Å². The summed E-state index contributed by atoms with van der Waals surface area (Å²) in [5.41, 5.74) is -1.45. The molecule has 1 aliphatic rings.